The second-order valence-corrected chi connectivity index (χ2v) is 5.84. The molecule has 0 radical (unpaired) electrons. The maximum Gasteiger partial charge on any atom is 0.271 e. The van der Waals surface area contributed by atoms with Crippen LogP contribution in [0.25, 0.3) is 6.08 Å². The van der Waals surface area contributed by atoms with Gasteiger partial charge in [0.1, 0.15) is 11.9 Å². The van der Waals surface area contributed by atoms with Crippen LogP contribution in [0.2, 0.25) is 0 Å². The normalized spacial score (nSPS) is 13.8. The van der Waals surface area contributed by atoms with Crippen molar-refractivity contribution in [3.8, 4) is 0 Å². The maximum atomic E-state index is 12.0. The minimum absolute atomic E-state index is 0.185. The Labute approximate surface area is 154 Å². The summed E-state index contributed by atoms with van der Waals surface area (Å²) in [5.41, 5.74) is 1.67. The number of carbonyl (C=O) groups excluding carboxylic acids is 1. The van der Waals surface area contributed by atoms with E-state index in [-0.39, 0.29) is 17.6 Å². The number of nitrogens with one attached hydrogen (secondary N) is 1. The lowest BCUT2D eigenvalue weighted by Crippen LogP contribution is -2.24. The molecular weight excluding hydrogens is 332 g/mol. The van der Waals surface area contributed by atoms with Gasteiger partial charge in [0.15, 0.2) is 0 Å². The predicted octanol–water partition coefficient (Wildman–Crippen LogP) is 1.44. The number of hydrogen-bond donors (Lipinski definition) is 2. The number of carbonyl (C=O) groups is 1. The monoisotopic (exact) mass is 358 g/mol. The molecule has 0 saturated carbocycles. The third-order valence-electron chi connectivity index (χ3n) is 3.28. The van der Waals surface area contributed by atoms with E-state index in [0.29, 0.717) is 5.69 Å². The molecule has 1 aromatic heterocycles. The number of amides is 1. The molecule has 0 aliphatic carbocycles. The van der Waals surface area contributed by atoms with E-state index in [9.17, 15) is 9.90 Å². The quantitative estimate of drug-likeness (QED) is 0.347. The van der Waals surface area contributed by atoms with Crippen molar-refractivity contribution in [1.82, 2.24) is 14.8 Å². The molecule has 0 bridgehead atoms. The van der Waals surface area contributed by atoms with E-state index in [1.807, 2.05) is 6.07 Å². The fourth-order valence-electron chi connectivity index (χ4n) is 1.80. The number of aliphatic hydroxyl groups is 1. The van der Waals surface area contributed by atoms with Crippen LogP contribution < -0.4 is 5.32 Å². The molecule has 26 heavy (non-hydrogen) atoms. The second kappa shape index (κ2) is 10.2. The molecule has 0 aliphatic rings. The van der Waals surface area contributed by atoms with E-state index in [4.69, 9.17) is 0 Å². The summed E-state index contributed by atoms with van der Waals surface area (Å²) in [4.78, 5) is 27.3. The van der Waals surface area contributed by atoms with Crippen LogP contribution in [0.3, 0.4) is 0 Å². The fourth-order valence-corrected chi connectivity index (χ4v) is 1.80. The van der Waals surface area contributed by atoms with Crippen LogP contribution >= 0.6 is 0 Å². The number of aliphatic hydroxyl groups excluding tert-OH is 1. The first-order chi connectivity index (χ1) is 12.3. The lowest BCUT2D eigenvalue weighted by molar-refractivity contribution is -0.124. The SMILES string of the molecule is C=NC(=N/C(=C\C)C(=O)N(C)C)Nc1cncc(/C=C/[C@H](O)N(C)C)c1. The average molecular weight is 358 g/mol. The minimum Gasteiger partial charge on any atom is -0.375 e. The first-order valence-corrected chi connectivity index (χ1v) is 7.96. The number of likely N-dealkylation sites (N-methyl/N-ethyl adjacent to an activating group) is 2. The first-order valence-electron chi connectivity index (χ1n) is 7.96. The zero-order chi connectivity index (χ0) is 19.7. The zero-order valence-corrected chi connectivity index (χ0v) is 15.8. The summed E-state index contributed by atoms with van der Waals surface area (Å²) >= 11 is 0. The first kappa shape index (κ1) is 21.2. The van der Waals surface area contributed by atoms with Gasteiger partial charge >= 0.3 is 0 Å². The molecule has 1 heterocycles. The second-order valence-electron chi connectivity index (χ2n) is 5.84. The van der Waals surface area contributed by atoms with E-state index >= 15 is 0 Å². The molecule has 0 aromatic carbocycles. The average Bonchev–Trinajstić information content (AvgIpc) is 2.62. The lowest BCUT2D eigenvalue weighted by Gasteiger charge is -2.13. The van der Waals surface area contributed by atoms with Crippen molar-refractivity contribution in [3.05, 3.63) is 41.9 Å². The number of pyridine rings is 1. The van der Waals surface area contributed by atoms with Gasteiger partial charge < -0.3 is 15.3 Å². The number of aliphatic imine (C=N–C) groups is 2. The number of guanidine groups is 1. The molecule has 8 nitrogen and oxygen atoms in total. The Kier molecular flexibility index (Phi) is 8.33. The Hall–Kier alpha value is -2.84. The van der Waals surface area contributed by atoms with Gasteiger partial charge in [0.2, 0.25) is 5.96 Å². The molecule has 1 amide bonds. The maximum absolute atomic E-state index is 12.0. The Morgan fingerprint density at radius 3 is 2.58 bits per heavy atom. The summed E-state index contributed by atoms with van der Waals surface area (Å²) in [5.74, 6) is -0.0486. The van der Waals surface area contributed by atoms with E-state index in [0.717, 1.165) is 5.56 Å². The van der Waals surface area contributed by atoms with Gasteiger partial charge in [-0.15, -0.1) is 0 Å². The predicted molar refractivity (Wildman–Crippen MR) is 106 cm³/mol. The molecule has 2 N–H and O–H groups in total. The third kappa shape index (κ3) is 6.58. The van der Waals surface area contributed by atoms with Crippen molar-refractivity contribution in [2.75, 3.05) is 33.5 Å². The van der Waals surface area contributed by atoms with Crippen LogP contribution in [0.4, 0.5) is 5.69 Å². The molecule has 0 aliphatic heterocycles. The van der Waals surface area contributed by atoms with Crippen LogP contribution in [0.5, 0.6) is 0 Å². The van der Waals surface area contributed by atoms with Crippen molar-refractivity contribution >= 4 is 30.3 Å². The molecule has 0 spiro atoms. The highest BCUT2D eigenvalue weighted by Gasteiger charge is 2.11. The number of rotatable bonds is 6. The van der Waals surface area contributed by atoms with Gasteiger partial charge in [-0.3, -0.25) is 14.7 Å². The van der Waals surface area contributed by atoms with E-state index in [1.54, 1.807) is 70.6 Å². The Bertz CT molecular complexity index is 722. The van der Waals surface area contributed by atoms with Crippen LogP contribution in [-0.2, 0) is 4.79 Å². The van der Waals surface area contributed by atoms with Crippen molar-refractivity contribution in [3.63, 3.8) is 0 Å². The number of aromatic nitrogens is 1. The molecule has 0 unspecified atom stereocenters. The number of anilines is 1. The molecule has 0 fully saturated rings. The zero-order valence-electron chi connectivity index (χ0n) is 15.8. The van der Waals surface area contributed by atoms with Crippen LogP contribution in [0, 0.1) is 0 Å². The Morgan fingerprint density at radius 1 is 1.35 bits per heavy atom. The van der Waals surface area contributed by atoms with Gasteiger partial charge in [0.05, 0.1) is 11.9 Å². The Balaban J connectivity index is 2.98. The van der Waals surface area contributed by atoms with Gasteiger partial charge in [-0.1, -0.05) is 12.2 Å². The smallest absolute Gasteiger partial charge is 0.271 e. The molecule has 1 atom stereocenters. The highest BCUT2D eigenvalue weighted by Crippen LogP contribution is 2.12. The van der Waals surface area contributed by atoms with Crippen molar-refractivity contribution < 1.29 is 9.90 Å². The number of allylic oxidation sites excluding steroid dienone is 1. The van der Waals surface area contributed by atoms with Crippen LogP contribution in [0.1, 0.15) is 12.5 Å². The summed E-state index contributed by atoms with van der Waals surface area (Å²) in [6, 6.07) is 1.82. The van der Waals surface area contributed by atoms with Gasteiger partial charge in [-0.05, 0) is 45.4 Å². The summed E-state index contributed by atoms with van der Waals surface area (Å²) in [7, 11) is 6.85. The van der Waals surface area contributed by atoms with E-state index < -0.39 is 6.23 Å². The van der Waals surface area contributed by atoms with Crippen LogP contribution in [0.15, 0.2) is 46.3 Å². The largest absolute Gasteiger partial charge is 0.375 e. The molecule has 8 heteroatoms. The van der Waals surface area contributed by atoms with E-state index in [1.165, 1.54) is 4.90 Å². The molecule has 1 aromatic rings. The topological polar surface area (TPSA) is 93.4 Å². The van der Waals surface area contributed by atoms with Gasteiger partial charge in [0.25, 0.3) is 5.91 Å². The minimum atomic E-state index is -0.687. The molecule has 140 valence electrons. The summed E-state index contributed by atoms with van der Waals surface area (Å²) < 4.78 is 0. The fraction of sp³-hybridized carbons (Fsp3) is 0.333. The van der Waals surface area contributed by atoms with Gasteiger partial charge in [-0.2, -0.15) is 0 Å². The van der Waals surface area contributed by atoms with Crippen molar-refractivity contribution in [2.45, 2.75) is 13.2 Å². The highest BCUT2D eigenvalue weighted by molar-refractivity contribution is 6.01. The Morgan fingerprint density at radius 2 is 2.04 bits per heavy atom. The van der Waals surface area contributed by atoms with Crippen molar-refractivity contribution in [1.29, 1.82) is 0 Å². The lowest BCUT2D eigenvalue weighted by atomic mass is 10.2. The molecule has 0 saturated heterocycles. The summed E-state index contributed by atoms with van der Waals surface area (Å²) in [6.07, 6.45) is 7.59. The molecule has 1 rings (SSSR count). The van der Waals surface area contributed by atoms with Gasteiger partial charge in [-0.25, -0.2) is 9.98 Å². The van der Waals surface area contributed by atoms with Crippen LogP contribution in [-0.4, -0.2) is 72.9 Å². The standard InChI is InChI=1S/C18H26N6O2/c1-7-15(17(26)24(5)6)22-18(19-2)21-14-10-13(11-20-12-14)8-9-16(25)23(3)4/h7-12,16,25H,2H2,1,3-6H3,(H,21,22)/b9-8+,15-7-/t16-/m0/s1. The van der Waals surface area contributed by atoms with Gasteiger partial charge in [0, 0.05) is 20.3 Å². The summed E-state index contributed by atoms with van der Waals surface area (Å²) in [5, 5.41) is 12.8. The number of nitrogens with zero attached hydrogens (tertiary/aromatic N) is 5. The third-order valence-corrected chi connectivity index (χ3v) is 3.28. The summed E-state index contributed by atoms with van der Waals surface area (Å²) in [6.45, 7) is 5.21. The molecular formula is C18H26N6O2. The van der Waals surface area contributed by atoms with Crippen molar-refractivity contribution in [2.24, 2.45) is 9.98 Å². The van der Waals surface area contributed by atoms with E-state index in [2.05, 4.69) is 27.0 Å². The highest BCUT2D eigenvalue weighted by atomic mass is 16.3. The number of hydrogen-bond acceptors (Lipinski definition) is 5.